The van der Waals surface area contributed by atoms with Crippen LogP contribution in [0.4, 0.5) is 21.8 Å². The molecular weight excluding hydrogens is 469 g/mol. The molecule has 35 heavy (non-hydrogen) atoms. The lowest BCUT2D eigenvalue weighted by Crippen LogP contribution is -2.25. The second-order valence-corrected chi connectivity index (χ2v) is 8.12. The van der Waals surface area contributed by atoms with Gasteiger partial charge >= 0.3 is 0 Å². The summed E-state index contributed by atoms with van der Waals surface area (Å²) in [4.78, 5) is 16.6. The Morgan fingerprint density at radius 3 is 2.57 bits per heavy atom. The summed E-state index contributed by atoms with van der Waals surface area (Å²) in [7, 11) is 0. The fourth-order valence-electron chi connectivity index (χ4n) is 4.01. The van der Waals surface area contributed by atoms with Crippen LogP contribution in [0.25, 0.3) is 0 Å². The third-order valence-corrected chi connectivity index (χ3v) is 5.92. The van der Waals surface area contributed by atoms with E-state index in [9.17, 15) is 4.39 Å². The lowest BCUT2D eigenvalue weighted by molar-refractivity contribution is 0.154. The molecule has 1 atom stereocenters. The van der Waals surface area contributed by atoms with Gasteiger partial charge in [0, 0.05) is 18.7 Å². The minimum atomic E-state index is -0.526. The molecule has 4 rings (SSSR count). The molecule has 188 valence electrons. The first-order chi connectivity index (χ1) is 16.7. The third kappa shape index (κ3) is 7.04. The zero-order chi connectivity index (χ0) is 23.8. The Morgan fingerprint density at radius 2 is 1.86 bits per heavy atom. The molecule has 9 heteroatoms. The summed E-state index contributed by atoms with van der Waals surface area (Å²) in [6.45, 7) is 8.66. The smallest absolute Gasteiger partial charge is 0.229 e. The maximum atomic E-state index is 14.7. The summed E-state index contributed by atoms with van der Waals surface area (Å²) < 4.78 is 20.5. The van der Waals surface area contributed by atoms with Crippen molar-refractivity contribution in [3.63, 3.8) is 0 Å². The van der Waals surface area contributed by atoms with Crippen LogP contribution in [0, 0.1) is 5.82 Å². The van der Waals surface area contributed by atoms with Gasteiger partial charge in [0.2, 0.25) is 5.95 Å². The van der Waals surface area contributed by atoms with Crippen LogP contribution in [0.1, 0.15) is 38.3 Å². The molecule has 3 aromatic rings. The number of benzene rings is 2. The van der Waals surface area contributed by atoms with Crippen molar-refractivity contribution >= 4 is 29.9 Å². The quantitative estimate of drug-likeness (QED) is 0.334. The molecule has 1 saturated heterocycles. The lowest BCUT2D eigenvalue weighted by atomic mass is 10.0. The van der Waals surface area contributed by atoms with Gasteiger partial charge in [0.25, 0.3) is 0 Å². The first-order valence-corrected chi connectivity index (χ1v) is 11.9. The third-order valence-electron chi connectivity index (χ3n) is 5.92. The SMILES string of the molecule is CCN(CC)CCCOc1ccc(Nc2ncc(F)c(N3OCCC3c3ccccc3)n2)cc1.Cl. The van der Waals surface area contributed by atoms with Gasteiger partial charge in [0.15, 0.2) is 11.6 Å². The zero-order valence-electron chi connectivity index (χ0n) is 20.2. The van der Waals surface area contributed by atoms with Crippen molar-refractivity contribution in [3.05, 3.63) is 72.2 Å². The fourth-order valence-corrected chi connectivity index (χ4v) is 4.01. The highest BCUT2D eigenvalue weighted by molar-refractivity contribution is 5.85. The maximum absolute atomic E-state index is 14.7. The molecule has 0 radical (unpaired) electrons. The number of nitrogens with zero attached hydrogens (tertiary/aromatic N) is 4. The van der Waals surface area contributed by atoms with Gasteiger partial charge in [-0.3, -0.25) is 4.84 Å². The lowest BCUT2D eigenvalue weighted by Gasteiger charge is -2.24. The van der Waals surface area contributed by atoms with Crippen molar-refractivity contribution in [2.24, 2.45) is 0 Å². The first-order valence-electron chi connectivity index (χ1n) is 11.9. The summed E-state index contributed by atoms with van der Waals surface area (Å²) in [5, 5.41) is 4.69. The highest BCUT2D eigenvalue weighted by atomic mass is 35.5. The highest BCUT2D eigenvalue weighted by Gasteiger charge is 2.31. The van der Waals surface area contributed by atoms with Crippen molar-refractivity contribution in [3.8, 4) is 5.75 Å². The summed E-state index contributed by atoms with van der Waals surface area (Å²) in [6, 6.07) is 17.4. The second kappa shape index (κ2) is 13.2. The molecule has 1 fully saturated rings. The van der Waals surface area contributed by atoms with E-state index >= 15 is 0 Å². The van der Waals surface area contributed by atoms with Crippen molar-refractivity contribution in [2.45, 2.75) is 32.7 Å². The van der Waals surface area contributed by atoms with Crippen LogP contribution < -0.4 is 15.1 Å². The van der Waals surface area contributed by atoms with Crippen LogP contribution in [0.2, 0.25) is 0 Å². The fraction of sp³-hybridized carbons (Fsp3) is 0.385. The normalized spacial score (nSPS) is 15.2. The molecule has 0 amide bonds. The van der Waals surface area contributed by atoms with Gasteiger partial charge in [0.1, 0.15) is 5.75 Å². The first kappa shape index (κ1) is 26.7. The summed E-state index contributed by atoms with van der Waals surface area (Å²) >= 11 is 0. The van der Waals surface area contributed by atoms with Crippen LogP contribution in [0.15, 0.2) is 60.8 Å². The number of halogens is 2. The highest BCUT2D eigenvalue weighted by Crippen LogP contribution is 2.35. The Hall–Kier alpha value is -2.94. The Balaban J connectivity index is 0.00000342. The van der Waals surface area contributed by atoms with E-state index in [1.807, 2.05) is 54.6 Å². The molecule has 1 unspecified atom stereocenters. The Bertz CT molecular complexity index is 1040. The van der Waals surface area contributed by atoms with E-state index in [4.69, 9.17) is 9.57 Å². The molecule has 1 aliphatic heterocycles. The van der Waals surface area contributed by atoms with Gasteiger partial charge in [-0.25, -0.2) is 14.4 Å². The molecule has 1 aliphatic rings. The molecule has 2 heterocycles. The predicted octanol–water partition coefficient (Wildman–Crippen LogP) is 5.77. The van der Waals surface area contributed by atoms with E-state index in [-0.39, 0.29) is 24.3 Å². The Morgan fingerprint density at radius 1 is 1.11 bits per heavy atom. The average molecular weight is 502 g/mol. The van der Waals surface area contributed by atoms with Crippen LogP contribution in [-0.2, 0) is 4.84 Å². The second-order valence-electron chi connectivity index (χ2n) is 8.12. The molecule has 7 nitrogen and oxygen atoms in total. The van der Waals surface area contributed by atoms with E-state index in [0.29, 0.717) is 19.2 Å². The number of anilines is 3. The van der Waals surface area contributed by atoms with Crippen LogP contribution in [0.3, 0.4) is 0 Å². The minimum absolute atomic E-state index is 0. The van der Waals surface area contributed by atoms with E-state index in [0.717, 1.165) is 49.5 Å². The zero-order valence-corrected chi connectivity index (χ0v) is 21.0. The number of hydroxylamine groups is 1. The largest absolute Gasteiger partial charge is 0.494 e. The Kier molecular flexibility index (Phi) is 10.1. The van der Waals surface area contributed by atoms with Crippen LogP contribution >= 0.6 is 12.4 Å². The van der Waals surface area contributed by atoms with Gasteiger partial charge in [-0.15, -0.1) is 12.4 Å². The number of nitrogens with one attached hydrogen (secondary N) is 1. The monoisotopic (exact) mass is 501 g/mol. The van der Waals surface area contributed by atoms with Gasteiger partial charge in [-0.1, -0.05) is 44.2 Å². The van der Waals surface area contributed by atoms with Gasteiger partial charge in [0.05, 0.1) is 25.5 Å². The standard InChI is InChI=1S/C26H32FN5O2.ClH/c1-3-31(4-2)16-8-17-33-22-13-11-21(12-14-22)29-26-28-19-23(27)25(30-26)32-24(15-18-34-32)20-9-6-5-7-10-20;/h5-7,9-14,19,24H,3-4,8,15-18H2,1-2H3,(H,28,29,30);1H. The molecule has 0 spiro atoms. The van der Waals surface area contributed by atoms with Gasteiger partial charge in [-0.05, 0) is 49.3 Å². The summed E-state index contributed by atoms with van der Waals surface area (Å²) in [6.07, 6.45) is 2.91. The van der Waals surface area contributed by atoms with Crippen molar-refractivity contribution < 1.29 is 14.0 Å². The van der Waals surface area contributed by atoms with Crippen molar-refractivity contribution in [1.29, 1.82) is 0 Å². The average Bonchev–Trinajstić information content (AvgIpc) is 3.37. The number of ether oxygens (including phenoxy) is 1. The number of aromatic nitrogens is 2. The van der Waals surface area contributed by atoms with Gasteiger partial charge < -0.3 is 15.0 Å². The molecule has 0 saturated carbocycles. The van der Waals surface area contributed by atoms with Crippen LogP contribution in [-0.4, -0.2) is 47.7 Å². The Labute approximate surface area is 212 Å². The van der Waals surface area contributed by atoms with E-state index in [2.05, 4.69) is 34.0 Å². The molecule has 1 N–H and O–H groups in total. The number of rotatable bonds is 11. The summed E-state index contributed by atoms with van der Waals surface area (Å²) in [5.74, 6) is 0.701. The number of hydrogen-bond acceptors (Lipinski definition) is 7. The van der Waals surface area contributed by atoms with E-state index in [1.165, 1.54) is 6.20 Å². The van der Waals surface area contributed by atoms with E-state index < -0.39 is 5.82 Å². The van der Waals surface area contributed by atoms with Gasteiger partial charge in [-0.2, -0.15) is 4.98 Å². The summed E-state index contributed by atoms with van der Waals surface area (Å²) in [5.41, 5.74) is 1.84. The molecule has 2 aromatic carbocycles. The minimum Gasteiger partial charge on any atom is -0.494 e. The maximum Gasteiger partial charge on any atom is 0.229 e. The van der Waals surface area contributed by atoms with Crippen molar-refractivity contribution in [1.82, 2.24) is 14.9 Å². The molecule has 1 aromatic heterocycles. The topological polar surface area (TPSA) is 62.8 Å². The van der Waals surface area contributed by atoms with Crippen LogP contribution in [0.5, 0.6) is 5.75 Å². The molecule has 0 aliphatic carbocycles. The number of hydrogen-bond donors (Lipinski definition) is 1. The molecular formula is C26H33ClFN5O2. The van der Waals surface area contributed by atoms with Crippen molar-refractivity contribution in [2.75, 3.05) is 43.2 Å². The predicted molar refractivity (Wildman–Crippen MR) is 139 cm³/mol. The molecule has 0 bridgehead atoms. The van der Waals surface area contributed by atoms with E-state index in [1.54, 1.807) is 5.06 Å².